The van der Waals surface area contributed by atoms with E-state index in [4.69, 9.17) is 9.47 Å². The van der Waals surface area contributed by atoms with Gasteiger partial charge in [0.05, 0.1) is 12.7 Å². The van der Waals surface area contributed by atoms with Crippen molar-refractivity contribution in [2.75, 3.05) is 46.5 Å². The van der Waals surface area contributed by atoms with Gasteiger partial charge in [-0.05, 0) is 25.8 Å². The zero-order valence-electron chi connectivity index (χ0n) is 16.5. The van der Waals surface area contributed by atoms with E-state index in [2.05, 4.69) is 40.0 Å². The molecule has 154 valence electrons. The van der Waals surface area contributed by atoms with E-state index in [1.165, 1.54) is 5.56 Å². The van der Waals surface area contributed by atoms with Gasteiger partial charge in [0.15, 0.2) is 5.96 Å². The first-order valence-electron chi connectivity index (χ1n) is 9.11. The Hall–Kier alpha value is -1.39. The molecule has 3 N–H and O–H groups in total. The van der Waals surface area contributed by atoms with Crippen LogP contribution in [-0.2, 0) is 14.3 Å². The zero-order chi connectivity index (χ0) is 19.0. The Labute approximate surface area is 179 Å². The molecular formula is C19H33IN4O3. The van der Waals surface area contributed by atoms with Crippen LogP contribution < -0.4 is 16.0 Å². The highest BCUT2D eigenvalue weighted by atomic mass is 127. The van der Waals surface area contributed by atoms with Crippen LogP contribution in [0.1, 0.15) is 31.9 Å². The summed E-state index contributed by atoms with van der Waals surface area (Å²) >= 11 is 0. The predicted molar refractivity (Wildman–Crippen MR) is 120 cm³/mol. The minimum absolute atomic E-state index is 0. The maximum Gasteiger partial charge on any atom is 0.241 e. The van der Waals surface area contributed by atoms with Crippen molar-refractivity contribution < 1.29 is 14.3 Å². The van der Waals surface area contributed by atoms with E-state index < -0.39 is 0 Å². The number of hydrogen-bond acceptors (Lipinski definition) is 4. The lowest BCUT2D eigenvalue weighted by Gasteiger charge is -2.14. The number of aliphatic imine (C=N–C) groups is 1. The average molecular weight is 492 g/mol. The topological polar surface area (TPSA) is 84.0 Å². The quantitative estimate of drug-likeness (QED) is 0.180. The highest BCUT2D eigenvalue weighted by Crippen LogP contribution is 2.15. The largest absolute Gasteiger partial charge is 0.383 e. The number of guanidine groups is 1. The third kappa shape index (κ3) is 12.6. The highest BCUT2D eigenvalue weighted by molar-refractivity contribution is 14.0. The third-order valence-corrected chi connectivity index (χ3v) is 3.60. The fourth-order valence-corrected chi connectivity index (χ4v) is 2.20. The van der Waals surface area contributed by atoms with Gasteiger partial charge in [-0.1, -0.05) is 30.3 Å². The van der Waals surface area contributed by atoms with Gasteiger partial charge in [-0.15, -0.1) is 24.0 Å². The molecule has 0 aliphatic carbocycles. The fourth-order valence-electron chi connectivity index (χ4n) is 2.20. The second kappa shape index (κ2) is 16.8. The number of hydrogen-bond donors (Lipinski definition) is 3. The minimum Gasteiger partial charge on any atom is -0.383 e. The summed E-state index contributed by atoms with van der Waals surface area (Å²) in [6, 6.07) is 10.2. The molecule has 1 unspecified atom stereocenters. The molecule has 1 aromatic carbocycles. The molecule has 27 heavy (non-hydrogen) atoms. The lowest BCUT2D eigenvalue weighted by molar-refractivity contribution is -0.119. The Kier molecular flexibility index (Phi) is 15.9. The number of benzene rings is 1. The van der Waals surface area contributed by atoms with Crippen molar-refractivity contribution >= 4 is 35.8 Å². The number of nitrogens with one attached hydrogen (secondary N) is 3. The van der Waals surface area contributed by atoms with E-state index in [1.807, 2.05) is 25.1 Å². The predicted octanol–water partition coefficient (Wildman–Crippen LogP) is 2.09. The lowest BCUT2D eigenvalue weighted by atomic mass is 10.1. The molecule has 0 bridgehead atoms. The summed E-state index contributed by atoms with van der Waals surface area (Å²) in [4.78, 5) is 15.9. The zero-order valence-corrected chi connectivity index (χ0v) is 18.8. The number of amides is 1. The summed E-state index contributed by atoms with van der Waals surface area (Å²) in [6.45, 7) is 7.22. The number of halogens is 1. The fraction of sp³-hybridized carbons (Fsp3) is 0.579. The van der Waals surface area contributed by atoms with Gasteiger partial charge in [0.25, 0.3) is 0 Å². The number of rotatable bonds is 12. The molecule has 0 spiro atoms. The first kappa shape index (κ1) is 25.6. The Morgan fingerprint density at radius 2 is 1.85 bits per heavy atom. The molecule has 7 nitrogen and oxygen atoms in total. The van der Waals surface area contributed by atoms with Crippen LogP contribution in [-0.4, -0.2) is 58.4 Å². The Balaban J connectivity index is 0.00000676. The molecule has 1 rings (SSSR count). The molecule has 0 radical (unpaired) electrons. The first-order valence-corrected chi connectivity index (χ1v) is 9.11. The molecule has 0 aromatic heterocycles. The van der Waals surface area contributed by atoms with Gasteiger partial charge < -0.3 is 25.4 Å². The molecule has 0 aliphatic heterocycles. The van der Waals surface area contributed by atoms with Crippen LogP contribution in [0.2, 0.25) is 0 Å². The maximum absolute atomic E-state index is 11.7. The molecule has 0 saturated heterocycles. The molecule has 1 aromatic rings. The van der Waals surface area contributed by atoms with Crippen LogP contribution >= 0.6 is 24.0 Å². The van der Waals surface area contributed by atoms with Crippen molar-refractivity contribution in [2.24, 2.45) is 4.99 Å². The second-order valence-corrected chi connectivity index (χ2v) is 5.74. The lowest BCUT2D eigenvalue weighted by Crippen LogP contribution is -2.39. The molecule has 0 heterocycles. The average Bonchev–Trinajstić information content (AvgIpc) is 2.66. The van der Waals surface area contributed by atoms with E-state index in [0.717, 1.165) is 19.5 Å². The second-order valence-electron chi connectivity index (χ2n) is 5.74. The summed E-state index contributed by atoms with van der Waals surface area (Å²) < 4.78 is 10.7. The van der Waals surface area contributed by atoms with Crippen LogP contribution in [0.25, 0.3) is 0 Å². The van der Waals surface area contributed by atoms with Crippen molar-refractivity contribution in [3.05, 3.63) is 35.9 Å². The van der Waals surface area contributed by atoms with Gasteiger partial charge in [0.2, 0.25) is 5.91 Å². The molecule has 1 amide bonds. The van der Waals surface area contributed by atoms with Gasteiger partial charge in [0, 0.05) is 33.4 Å². The molecular weight excluding hydrogens is 459 g/mol. The van der Waals surface area contributed by atoms with E-state index >= 15 is 0 Å². The van der Waals surface area contributed by atoms with Gasteiger partial charge >= 0.3 is 0 Å². The van der Waals surface area contributed by atoms with E-state index in [9.17, 15) is 4.79 Å². The van der Waals surface area contributed by atoms with E-state index in [1.54, 1.807) is 7.11 Å². The van der Waals surface area contributed by atoms with Gasteiger partial charge in [-0.3, -0.25) is 4.79 Å². The first-order chi connectivity index (χ1) is 12.7. The van der Waals surface area contributed by atoms with E-state index in [0.29, 0.717) is 25.7 Å². The van der Waals surface area contributed by atoms with E-state index in [-0.39, 0.29) is 42.5 Å². The SMILES string of the molecule is CCNC(=NCC(=O)NCCOC)NCCCOC(C)c1ccccc1.I. The van der Waals surface area contributed by atoms with Crippen LogP contribution in [0.15, 0.2) is 35.3 Å². The van der Waals surface area contributed by atoms with Crippen LogP contribution in [0, 0.1) is 0 Å². The van der Waals surface area contributed by atoms with Crippen LogP contribution in [0.3, 0.4) is 0 Å². The number of ether oxygens (including phenoxy) is 2. The van der Waals surface area contributed by atoms with Crippen molar-refractivity contribution in [2.45, 2.75) is 26.4 Å². The third-order valence-electron chi connectivity index (χ3n) is 3.60. The monoisotopic (exact) mass is 492 g/mol. The Morgan fingerprint density at radius 1 is 1.11 bits per heavy atom. The number of carbonyl (C=O) groups excluding carboxylic acids is 1. The van der Waals surface area contributed by atoms with Crippen molar-refractivity contribution in [1.29, 1.82) is 0 Å². The number of nitrogens with zero attached hydrogens (tertiary/aromatic N) is 1. The van der Waals surface area contributed by atoms with Gasteiger partial charge in [-0.25, -0.2) is 4.99 Å². The van der Waals surface area contributed by atoms with Gasteiger partial charge in [-0.2, -0.15) is 0 Å². The summed E-state index contributed by atoms with van der Waals surface area (Å²) in [5, 5.41) is 9.07. The molecule has 8 heteroatoms. The number of methoxy groups -OCH3 is 1. The molecule has 0 saturated carbocycles. The standard InChI is InChI=1S/C19H32N4O3.HI/c1-4-20-19(23-15-18(24)21-12-14-25-3)22-11-8-13-26-16(2)17-9-6-5-7-10-17;/h5-7,9-10,16H,4,8,11-15H2,1-3H3,(H,21,24)(H2,20,22,23);1H. The van der Waals surface area contributed by atoms with Gasteiger partial charge in [0.1, 0.15) is 6.54 Å². The summed E-state index contributed by atoms with van der Waals surface area (Å²) in [5.74, 6) is 0.504. The summed E-state index contributed by atoms with van der Waals surface area (Å²) in [5.41, 5.74) is 1.18. The normalized spacial score (nSPS) is 12.0. The highest BCUT2D eigenvalue weighted by Gasteiger charge is 2.05. The van der Waals surface area contributed by atoms with Crippen molar-refractivity contribution in [3.63, 3.8) is 0 Å². The van der Waals surface area contributed by atoms with Crippen molar-refractivity contribution in [3.8, 4) is 0 Å². The number of carbonyl (C=O) groups is 1. The molecule has 0 fully saturated rings. The Morgan fingerprint density at radius 3 is 2.52 bits per heavy atom. The summed E-state index contributed by atoms with van der Waals surface area (Å²) in [7, 11) is 1.60. The minimum atomic E-state index is -0.126. The Bertz CT molecular complexity index is 529. The van der Waals surface area contributed by atoms with Crippen LogP contribution in [0.4, 0.5) is 0 Å². The molecule has 0 aliphatic rings. The summed E-state index contributed by atoms with van der Waals surface area (Å²) in [6.07, 6.45) is 0.927. The smallest absolute Gasteiger partial charge is 0.241 e. The molecule has 1 atom stereocenters. The van der Waals surface area contributed by atoms with Crippen molar-refractivity contribution in [1.82, 2.24) is 16.0 Å². The maximum atomic E-state index is 11.7. The van der Waals surface area contributed by atoms with Crippen LogP contribution in [0.5, 0.6) is 0 Å².